The van der Waals surface area contributed by atoms with Crippen molar-refractivity contribution in [2.45, 2.75) is 43.7 Å². The van der Waals surface area contributed by atoms with Crippen LogP contribution in [0.5, 0.6) is 0 Å². The van der Waals surface area contributed by atoms with Crippen LogP contribution in [-0.4, -0.2) is 35.8 Å². The van der Waals surface area contributed by atoms with Crippen molar-refractivity contribution in [1.29, 1.82) is 0 Å². The van der Waals surface area contributed by atoms with Crippen LogP contribution in [0.4, 0.5) is 0 Å². The summed E-state index contributed by atoms with van der Waals surface area (Å²) >= 11 is 0. The van der Waals surface area contributed by atoms with Crippen LogP contribution in [0.15, 0.2) is 41.9 Å². The normalized spacial score (nSPS) is 31.7. The molecule has 0 saturated heterocycles. The Bertz CT molecular complexity index is 890. The highest BCUT2D eigenvalue weighted by atomic mass is 16.5. The Morgan fingerprint density at radius 2 is 1.93 bits per heavy atom. The van der Waals surface area contributed by atoms with Crippen molar-refractivity contribution in [2.75, 3.05) is 13.7 Å². The molecule has 0 unspecified atom stereocenters. The first-order valence-corrected chi connectivity index (χ1v) is 9.56. The van der Waals surface area contributed by atoms with Crippen molar-refractivity contribution < 1.29 is 9.47 Å². The highest BCUT2D eigenvalue weighted by Crippen LogP contribution is 2.61. The minimum absolute atomic E-state index is 0.0529. The fraction of sp³-hybridized carbons (Fsp3) is 0.476. The predicted octanol–water partition coefficient (Wildman–Crippen LogP) is 2.82. The second-order valence-corrected chi connectivity index (χ2v) is 7.99. The number of ether oxygens (including phenoxy) is 2. The van der Waals surface area contributed by atoms with Gasteiger partial charge in [-0.05, 0) is 54.9 Å². The van der Waals surface area contributed by atoms with Crippen molar-refractivity contribution >= 4 is 6.02 Å². The molecular formula is C21H24N4O2. The summed E-state index contributed by atoms with van der Waals surface area (Å²) in [6, 6.07) is 6.95. The van der Waals surface area contributed by atoms with Crippen molar-refractivity contribution in [3.8, 4) is 11.1 Å². The maximum absolute atomic E-state index is 6.02. The number of nitrogens with zero attached hydrogens (tertiary/aromatic N) is 3. The molecule has 1 aromatic carbocycles. The molecule has 3 aliphatic rings. The second-order valence-electron chi connectivity index (χ2n) is 7.99. The second kappa shape index (κ2) is 6.02. The summed E-state index contributed by atoms with van der Waals surface area (Å²) in [4.78, 5) is 13.2. The molecule has 5 rings (SSSR count). The smallest absolute Gasteiger partial charge is 0.283 e. The molecule has 1 fully saturated rings. The van der Waals surface area contributed by atoms with Crippen LogP contribution >= 0.6 is 0 Å². The van der Waals surface area contributed by atoms with E-state index in [-0.39, 0.29) is 5.41 Å². The molecule has 2 aromatic rings. The monoisotopic (exact) mass is 364 g/mol. The Kier molecular flexibility index (Phi) is 3.72. The Morgan fingerprint density at radius 1 is 1.15 bits per heavy atom. The third-order valence-corrected chi connectivity index (χ3v) is 6.81. The van der Waals surface area contributed by atoms with Gasteiger partial charge in [0, 0.05) is 30.5 Å². The van der Waals surface area contributed by atoms with Crippen molar-refractivity contribution in [3.05, 3.63) is 48.0 Å². The van der Waals surface area contributed by atoms with Gasteiger partial charge in [0.1, 0.15) is 18.5 Å². The first kappa shape index (κ1) is 16.7. The van der Waals surface area contributed by atoms with Gasteiger partial charge in [-0.2, -0.15) is 0 Å². The number of rotatable bonds is 2. The summed E-state index contributed by atoms with van der Waals surface area (Å²) in [5.74, 6) is 0. The van der Waals surface area contributed by atoms with Crippen LogP contribution in [0.1, 0.15) is 36.8 Å². The molecule has 0 radical (unpaired) electrons. The van der Waals surface area contributed by atoms with Gasteiger partial charge in [0.2, 0.25) is 0 Å². The lowest BCUT2D eigenvalue weighted by molar-refractivity contribution is -0.00983. The number of hydrogen-bond donors (Lipinski definition) is 1. The predicted molar refractivity (Wildman–Crippen MR) is 102 cm³/mol. The summed E-state index contributed by atoms with van der Waals surface area (Å²) in [7, 11) is 1.81. The molecule has 6 heteroatoms. The van der Waals surface area contributed by atoms with Crippen molar-refractivity contribution in [1.82, 2.24) is 9.97 Å². The van der Waals surface area contributed by atoms with Gasteiger partial charge in [0.05, 0.1) is 6.10 Å². The van der Waals surface area contributed by atoms with Gasteiger partial charge in [-0.15, -0.1) is 0 Å². The van der Waals surface area contributed by atoms with E-state index in [1.165, 1.54) is 11.1 Å². The molecule has 27 heavy (non-hydrogen) atoms. The summed E-state index contributed by atoms with van der Waals surface area (Å²) in [5, 5.41) is 0. The van der Waals surface area contributed by atoms with Crippen LogP contribution < -0.4 is 5.73 Å². The third kappa shape index (κ3) is 2.39. The molecule has 6 nitrogen and oxygen atoms in total. The standard InChI is InChI=1S/C21H24N4O2/c1-26-17-4-6-20(7-5-17)9-15-3-2-14(16-10-23-13-24-11-16)8-18(15)21(20)12-27-19(22)25-21/h2-3,8,10-11,13,17H,4-7,9,12H2,1H3,(H2,22,25)/t17-,20-,21-/m0/s1. The Labute approximate surface area is 158 Å². The number of benzene rings is 1. The lowest BCUT2D eigenvalue weighted by atomic mass is 9.62. The maximum atomic E-state index is 6.02. The van der Waals surface area contributed by atoms with E-state index in [1.807, 2.05) is 19.5 Å². The minimum atomic E-state index is -0.392. The lowest BCUT2D eigenvalue weighted by Gasteiger charge is -2.45. The van der Waals surface area contributed by atoms with E-state index in [2.05, 4.69) is 28.2 Å². The molecule has 2 aliphatic carbocycles. The van der Waals surface area contributed by atoms with E-state index >= 15 is 0 Å². The third-order valence-electron chi connectivity index (χ3n) is 6.81. The molecule has 1 atom stereocenters. The molecule has 140 valence electrons. The van der Waals surface area contributed by atoms with E-state index < -0.39 is 5.54 Å². The van der Waals surface area contributed by atoms with Crippen molar-refractivity contribution in [3.63, 3.8) is 0 Å². The number of aliphatic imine (C=N–C) groups is 1. The number of methoxy groups -OCH3 is 1. The van der Waals surface area contributed by atoms with E-state index in [0.29, 0.717) is 18.7 Å². The first-order valence-electron chi connectivity index (χ1n) is 9.56. The molecule has 1 aliphatic heterocycles. The van der Waals surface area contributed by atoms with Gasteiger partial charge in [0.15, 0.2) is 0 Å². The van der Waals surface area contributed by atoms with E-state index in [9.17, 15) is 0 Å². The minimum Gasteiger partial charge on any atom is -0.462 e. The number of amidine groups is 1. The molecule has 2 spiro atoms. The molecular weight excluding hydrogens is 340 g/mol. The number of hydrogen-bond acceptors (Lipinski definition) is 6. The lowest BCUT2D eigenvalue weighted by Crippen LogP contribution is -2.46. The SMILES string of the molecule is CO[C@H]1CC[C@]2(CC1)Cc1ccc(-c3cncnc3)cc1[C@@]21COC(N)=N1. The zero-order valence-electron chi connectivity index (χ0n) is 15.5. The van der Waals surface area contributed by atoms with E-state index in [4.69, 9.17) is 20.2 Å². The number of nitrogens with two attached hydrogens (primary N) is 1. The largest absolute Gasteiger partial charge is 0.462 e. The molecule has 2 N–H and O–H groups in total. The Morgan fingerprint density at radius 3 is 2.59 bits per heavy atom. The van der Waals surface area contributed by atoms with Crippen LogP contribution in [-0.2, 0) is 21.4 Å². The van der Waals surface area contributed by atoms with Crippen LogP contribution in [0, 0.1) is 5.41 Å². The van der Waals surface area contributed by atoms with Gasteiger partial charge < -0.3 is 15.2 Å². The van der Waals surface area contributed by atoms with Gasteiger partial charge in [-0.25, -0.2) is 15.0 Å². The molecule has 2 heterocycles. The zero-order valence-corrected chi connectivity index (χ0v) is 15.5. The summed E-state index contributed by atoms with van der Waals surface area (Å²) in [6.07, 6.45) is 10.9. The van der Waals surface area contributed by atoms with Gasteiger partial charge in [-0.1, -0.05) is 12.1 Å². The molecule has 1 aromatic heterocycles. The van der Waals surface area contributed by atoms with Crippen LogP contribution in [0.3, 0.4) is 0 Å². The van der Waals surface area contributed by atoms with Crippen LogP contribution in [0.25, 0.3) is 11.1 Å². The number of fused-ring (bicyclic) bond motifs is 3. The average Bonchev–Trinajstić information content (AvgIpc) is 3.23. The van der Waals surface area contributed by atoms with Crippen molar-refractivity contribution in [2.24, 2.45) is 16.1 Å². The fourth-order valence-electron chi connectivity index (χ4n) is 5.35. The van der Waals surface area contributed by atoms with Gasteiger partial charge in [-0.3, -0.25) is 0 Å². The average molecular weight is 364 g/mol. The topological polar surface area (TPSA) is 82.6 Å². The van der Waals surface area contributed by atoms with E-state index in [1.54, 1.807) is 6.33 Å². The summed E-state index contributed by atoms with van der Waals surface area (Å²) < 4.78 is 11.4. The molecule has 1 saturated carbocycles. The van der Waals surface area contributed by atoms with E-state index in [0.717, 1.165) is 43.2 Å². The van der Waals surface area contributed by atoms with Gasteiger partial charge in [0.25, 0.3) is 6.02 Å². The molecule has 0 amide bonds. The quantitative estimate of drug-likeness (QED) is 0.886. The maximum Gasteiger partial charge on any atom is 0.283 e. The zero-order chi connectivity index (χ0) is 18.5. The fourth-order valence-corrected chi connectivity index (χ4v) is 5.35. The highest BCUT2D eigenvalue weighted by Gasteiger charge is 2.61. The molecule has 0 bridgehead atoms. The highest BCUT2D eigenvalue weighted by molar-refractivity contribution is 5.75. The van der Waals surface area contributed by atoms with Crippen LogP contribution in [0.2, 0.25) is 0 Å². The number of aromatic nitrogens is 2. The Balaban J connectivity index is 1.61. The summed E-state index contributed by atoms with van der Waals surface area (Å²) in [6.45, 7) is 0.526. The summed E-state index contributed by atoms with van der Waals surface area (Å²) in [5.41, 5.74) is 10.4. The Hall–Kier alpha value is -2.47. The van der Waals surface area contributed by atoms with Gasteiger partial charge >= 0.3 is 0 Å². The first-order chi connectivity index (χ1) is 13.2.